The van der Waals surface area contributed by atoms with Crippen molar-refractivity contribution in [1.29, 1.82) is 0 Å². The van der Waals surface area contributed by atoms with Gasteiger partial charge in [-0.05, 0) is 54.1 Å². The maximum atomic E-state index is 4.38. The van der Waals surface area contributed by atoms with Gasteiger partial charge in [0.15, 0.2) is 0 Å². The Balaban J connectivity index is 1.86. The molecule has 0 saturated carbocycles. The third-order valence-electron chi connectivity index (χ3n) is 3.34. The molecule has 1 N–H and O–H groups in total. The molecule has 0 radical (unpaired) electrons. The van der Waals surface area contributed by atoms with Crippen LogP contribution in [0.1, 0.15) is 24.2 Å². The highest BCUT2D eigenvalue weighted by Crippen LogP contribution is 2.23. The number of nitrogens with zero attached hydrogens (tertiary/aromatic N) is 5. The van der Waals surface area contributed by atoms with Crippen molar-refractivity contribution in [2.45, 2.75) is 19.9 Å². The van der Waals surface area contributed by atoms with E-state index in [-0.39, 0.29) is 6.04 Å². The van der Waals surface area contributed by atoms with Crippen LogP contribution in [0.2, 0.25) is 0 Å². The second kappa shape index (κ2) is 5.70. The molecule has 3 aromatic rings. The maximum Gasteiger partial charge on any atom is 0.143 e. The molecule has 0 spiro atoms. The number of aromatic nitrogens is 5. The van der Waals surface area contributed by atoms with Gasteiger partial charge in [-0.25, -0.2) is 4.68 Å². The molecule has 6 heteroatoms. The first-order chi connectivity index (χ1) is 10.2. The largest absolute Gasteiger partial charge is 0.377 e. The van der Waals surface area contributed by atoms with Crippen molar-refractivity contribution in [1.82, 2.24) is 25.2 Å². The molecule has 1 atom stereocenters. The molecular weight excluding hydrogens is 264 g/mol. The Bertz CT molecular complexity index is 708. The lowest BCUT2D eigenvalue weighted by molar-refractivity contribution is 0.787. The fraction of sp³-hybridized carbons (Fsp3) is 0.200. The van der Waals surface area contributed by atoms with E-state index >= 15 is 0 Å². The number of aryl methyl sites for hydroxylation is 1. The first-order valence-corrected chi connectivity index (χ1v) is 6.75. The lowest BCUT2D eigenvalue weighted by Gasteiger charge is -2.17. The molecular formula is C15H16N6. The lowest BCUT2D eigenvalue weighted by Crippen LogP contribution is -2.09. The second-order valence-electron chi connectivity index (χ2n) is 4.87. The van der Waals surface area contributed by atoms with Gasteiger partial charge in [0.25, 0.3) is 0 Å². The van der Waals surface area contributed by atoms with E-state index in [2.05, 4.69) is 39.7 Å². The summed E-state index contributed by atoms with van der Waals surface area (Å²) in [5.74, 6) is 0. The number of rotatable bonds is 4. The molecule has 3 rings (SSSR count). The average Bonchev–Trinajstić information content (AvgIpc) is 3.04. The van der Waals surface area contributed by atoms with E-state index in [1.807, 2.05) is 36.4 Å². The summed E-state index contributed by atoms with van der Waals surface area (Å²) < 4.78 is 1.63. The molecule has 106 valence electrons. The molecule has 0 aliphatic heterocycles. The van der Waals surface area contributed by atoms with E-state index in [4.69, 9.17) is 0 Å². The van der Waals surface area contributed by atoms with Crippen LogP contribution in [0.3, 0.4) is 0 Å². The summed E-state index contributed by atoms with van der Waals surface area (Å²) in [6.07, 6.45) is 3.38. The van der Waals surface area contributed by atoms with Crippen LogP contribution in [0.4, 0.5) is 5.69 Å². The van der Waals surface area contributed by atoms with Crippen molar-refractivity contribution in [2.75, 3.05) is 5.32 Å². The predicted octanol–water partition coefficient (Wildman–Crippen LogP) is 2.54. The Hall–Kier alpha value is -2.76. The van der Waals surface area contributed by atoms with Crippen LogP contribution in [-0.4, -0.2) is 25.2 Å². The van der Waals surface area contributed by atoms with Gasteiger partial charge in [0.1, 0.15) is 6.33 Å². The average molecular weight is 280 g/mol. The molecule has 1 aromatic carbocycles. The quantitative estimate of drug-likeness (QED) is 0.795. The summed E-state index contributed by atoms with van der Waals surface area (Å²) >= 11 is 0. The highest BCUT2D eigenvalue weighted by Gasteiger charge is 2.09. The zero-order valence-corrected chi connectivity index (χ0v) is 11.9. The van der Waals surface area contributed by atoms with E-state index < -0.39 is 0 Å². The topological polar surface area (TPSA) is 68.5 Å². The SMILES string of the molecule is Cc1ccc(-n2cnnn2)cc1NC(C)c1ccccn1. The van der Waals surface area contributed by atoms with Crippen molar-refractivity contribution in [3.05, 3.63) is 60.2 Å². The second-order valence-corrected chi connectivity index (χ2v) is 4.87. The molecule has 2 heterocycles. The van der Waals surface area contributed by atoms with E-state index in [1.54, 1.807) is 17.2 Å². The Kier molecular flexibility index (Phi) is 3.59. The predicted molar refractivity (Wildman–Crippen MR) is 80.2 cm³/mol. The third kappa shape index (κ3) is 2.89. The van der Waals surface area contributed by atoms with Gasteiger partial charge in [0.2, 0.25) is 0 Å². The number of pyridine rings is 1. The molecule has 6 nitrogen and oxygen atoms in total. The highest BCUT2D eigenvalue weighted by molar-refractivity contribution is 5.57. The van der Waals surface area contributed by atoms with Crippen molar-refractivity contribution in [3.63, 3.8) is 0 Å². The minimum absolute atomic E-state index is 0.119. The fourth-order valence-corrected chi connectivity index (χ4v) is 2.13. The summed E-state index contributed by atoms with van der Waals surface area (Å²) in [6.45, 7) is 4.16. The van der Waals surface area contributed by atoms with Crippen LogP contribution >= 0.6 is 0 Å². The van der Waals surface area contributed by atoms with Gasteiger partial charge in [-0.2, -0.15) is 0 Å². The summed E-state index contributed by atoms with van der Waals surface area (Å²) in [6, 6.07) is 12.1. The maximum absolute atomic E-state index is 4.38. The van der Waals surface area contributed by atoms with Gasteiger partial charge in [0.05, 0.1) is 17.4 Å². The molecule has 1 unspecified atom stereocenters. The number of tetrazole rings is 1. The molecule has 0 saturated heterocycles. The lowest BCUT2D eigenvalue weighted by atomic mass is 10.1. The molecule has 0 fully saturated rings. The minimum Gasteiger partial charge on any atom is -0.377 e. The molecule has 21 heavy (non-hydrogen) atoms. The first kappa shape index (κ1) is 13.2. The number of nitrogens with one attached hydrogen (secondary N) is 1. The van der Waals surface area contributed by atoms with Crippen molar-refractivity contribution in [3.8, 4) is 5.69 Å². The summed E-state index contributed by atoms with van der Waals surface area (Å²) in [5.41, 5.74) is 4.13. The third-order valence-corrected chi connectivity index (χ3v) is 3.34. The van der Waals surface area contributed by atoms with Crippen molar-refractivity contribution in [2.24, 2.45) is 0 Å². The van der Waals surface area contributed by atoms with Gasteiger partial charge in [-0.15, -0.1) is 5.10 Å². The van der Waals surface area contributed by atoms with Crippen LogP contribution in [0.25, 0.3) is 5.69 Å². The van der Waals surface area contributed by atoms with E-state index in [1.165, 1.54) is 0 Å². The van der Waals surface area contributed by atoms with E-state index in [0.29, 0.717) is 0 Å². The zero-order valence-electron chi connectivity index (χ0n) is 11.9. The molecule has 0 aliphatic rings. The number of hydrogen-bond acceptors (Lipinski definition) is 5. The highest BCUT2D eigenvalue weighted by atomic mass is 15.5. The normalized spacial score (nSPS) is 12.1. The van der Waals surface area contributed by atoms with E-state index in [9.17, 15) is 0 Å². The van der Waals surface area contributed by atoms with Crippen LogP contribution in [-0.2, 0) is 0 Å². The standard InChI is InChI=1S/C15H16N6/c1-11-6-7-13(21-10-17-19-20-21)9-15(11)18-12(2)14-5-3-4-8-16-14/h3-10,12,18H,1-2H3. The van der Waals surface area contributed by atoms with Gasteiger partial charge < -0.3 is 5.32 Å². The van der Waals surface area contributed by atoms with Crippen LogP contribution in [0, 0.1) is 6.92 Å². The monoisotopic (exact) mass is 280 g/mol. The van der Waals surface area contributed by atoms with Gasteiger partial charge in [-0.1, -0.05) is 12.1 Å². The zero-order chi connectivity index (χ0) is 14.7. The fourth-order valence-electron chi connectivity index (χ4n) is 2.13. The van der Waals surface area contributed by atoms with Crippen molar-refractivity contribution >= 4 is 5.69 Å². The molecule has 0 bridgehead atoms. The minimum atomic E-state index is 0.119. The van der Waals surface area contributed by atoms with Crippen LogP contribution in [0.15, 0.2) is 48.9 Å². The van der Waals surface area contributed by atoms with Gasteiger partial charge in [-0.3, -0.25) is 4.98 Å². The Morgan fingerprint density at radius 3 is 2.81 bits per heavy atom. The van der Waals surface area contributed by atoms with Crippen molar-refractivity contribution < 1.29 is 0 Å². The first-order valence-electron chi connectivity index (χ1n) is 6.75. The van der Waals surface area contributed by atoms with E-state index in [0.717, 1.165) is 22.6 Å². The van der Waals surface area contributed by atoms with Crippen LogP contribution < -0.4 is 5.32 Å². The summed E-state index contributed by atoms with van der Waals surface area (Å²) in [4.78, 5) is 4.38. The van der Waals surface area contributed by atoms with Gasteiger partial charge >= 0.3 is 0 Å². The summed E-state index contributed by atoms with van der Waals surface area (Å²) in [7, 11) is 0. The summed E-state index contributed by atoms with van der Waals surface area (Å²) in [5, 5.41) is 14.7. The Morgan fingerprint density at radius 1 is 1.19 bits per heavy atom. The Morgan fingerprint density at radius 2 is 2.10 bits per heavy atom. The molecule has 0 amide bonds. The molecule has 0 aliphatic carbocycles. The number of hydrogen-bond donors (Lipinski definition) is 1. The Labute approximate surface area is 122 Å². The van der Waals surface area contributed by atoms with Gasteiger partial charge in [0, 0.05) is 11.9 Å². The van der Waals surface area contributed by atoms with Crippen LogP contribution in [0.5, 0.6) is 0 Å². The number of anilines is 1. The smallest absolute Gasteiger partial charge is 0.143 e. The number of benzene rings is 1. The molecule has 2 aromatic heterocycles.